The normalized spacial score (nSPS) is 20.2. The van der Waals surface area contributed by atoms with Crippen LogP contribution >= 0.6 is 11.3 Å². The van der Waals surface area contributed by atoms with Crippen LogP contribution in [0.1, 0.15) is 42.3 Å². The van der Waals surface area contributed by atoms with Crippen molar-refractivity contribution in [2.24, 2.45) is 0 Å². The predicted octanol–water partition coefficient (Wildman–Crippen LogP) is 2.54. The first-order valence-electron chi connectivity index (χ1n) is 7.01. The van der Waals surface area contributed by atoms with Gasteiger partial charge in [-0.25, -0.2) is 4.98 Å². The van der Waals surface area contributed by atoms with Crippen molar-refractivity contribution in [1.82, 2.24) is 15.2 Å². The van der Waals surface area contributed by atoms with Crippen molar-refractivity contribution in [1.29, 1.82) is 0 Å². The highest BCUT2D eigenvalue weighted by atomic mass is 32.1. The molecule has 4 heteroatoms. The number of rotatable bonds is 4. The molecular formula is C14H25N3S. The lowest BCUT2D eigenvalue weighted by atomic mass is 9.88. The summed E-state index contributed by atoms with van der Waals surface area (Å²) in [7, 11) is 2.21. The maximum absolute atomic E-state index is 4.91. The Balaban J connectivity index is 2.28. The second kappa shape index (κ2) is 5.68. The summed E-state index contributed by atoms with van der Waals surface area (Å²) in [6.07, 6.45) is 3.39. The SMILES string of the molecule is CCNC1(c2nc(CC)c(C)s2)CCN(C)CC1. The zero-order valence-corrected chi connectivity index (χ0v) is 12.9. The van der Waals surface area contributed by atoms with Gasteiger partial charge in [-0.05, 0) is 39.8 Å². The summed E-state index contributed by atoms with van der Waals surface area (Å²) in [6, 6.07) is 0. The Morgan fingerprint density at radius 1 is 1.33 bits per heavy atom. The molecule has 102 valence electrons. The first kappa shape index (κ1) is 14.0. The number of aryl methyl sites for hydroxylation is 2. The van der Waals surface area contributed by atoms with Gasteiger partial charge in [0, 0.05) is 18.0 Å². The van der Waals surface area contributed by atoms with Crippen LogP contribution in [-0.4, -0.2) is 36.6 Å². The Hall–Kier alpha value is -0.450. The third-order valence-corrected chi connectivity index (χ3v) is 5.21. The van der Waals surface area contributed by atoms with E-state index in [1.54, 1.807) is 0 Å². The number of piperidine rings is 1. The molecule has 0 unspecified atom stereocenters. The molecule has 3 nitrogen and oxygen atoms in total. The summed E-state index contributed by atoms with van der Waals surface area (Å²) in [5, 5.41) is 5.03. The number of nitrogens with zero attached hydrogens (tertiary/aromatic N) is 2. The summed E-state index contributed by atoms with van der Waals surface area (Å²) in [4.78, 5) is 8.71. The summed E-state index contributed by atoms with van der Waals surface area (Å²) >= 11 is 1.89. The fourth-order valence-electron chi connectivity index (χ4n) is 2.77. The minimum atomic E-state index is 0.129. The van der Waals surface area contributed by atoms with Crippen LogP contribution in [0.4, 0.5) is 0 Å². The van der Waals surface area contributed by atoms with Gasteiger partial charge in [-0.1, -0.05) is 13.8 Å². The molecule has 1 N–H and O–H groups in total. The van der Waals surface area contributed by atoms with E-state index in [1.807, 2.05) is 11.3 Å². The molecule has 0 atom stereocenters. The van der Waals surface area contributed by atoms with E-state index in [9.17, 15) is 0 Å². The van der Waals surface area contributed by atoms with E-state index in [4.69, 9.17) is 4.98 Å². The molecule has 0 saturated carbocycles. The fourth-order valence-corrected chi connectivity index (χ4v) is 3.99. The quantitative estimate of drug-likeness (QED) is 0.908. The standard InChI is InChI=1S/C14H25N3S/c1-5-12-11(3)18-13(16-12)14(15-6-2)7-9-17(4)10-8-14/h15H,5-10H2,1-4H3. The summed E-state index contributed by atoms with van der Waals surface area (Å²) < 4.78 is 0. The van der Waals surface area contributed by atoms with Crippen molar-refractivity contribution in [2.45, 2.75) is 45.6 Å². The highest BCUT2D eigenvalue weighted by Crippen LogP contribution is 2.36. The molecule has 0 aromatic carbocycles. The molecule has 0 aliphatic carbocycles. The van der Waals surface area contributed by atoms with Crippen molar-refractivity contribution < 1.29 is 0 Å². The van der Waals surface area contributed by atoms with E-state index in [0.717, 1.165) is 26.1 Å². The lowest BCUT2D eigenvalue weighted by molar-refractivity contribution is 0.158. The number of aromatic nitrogens is 1. The molecule has 1 aliphatic rings. The summed E-state index contributed by atoms with van der Waals surface area (Å²) in [6.45, 7) is 9.93. The molecule has 0 radical (unpaired) electrons. The van der Waals surface area contributed by atoms with Gasteiger partial charge in [0.15, 0.2) is 0 Å². The van der Waals surface area contributed by atoms with Crippen molar-refractivity contribution >= 4 is 11.3 Å². The molecule has 1 saturated heterocycles. The van der Waals surface area contributed by atoms with Gasteiger partial charge in [0.1, 0.15) is 5.01 Å². The van der Waals surface area contributed by atoms with Gasteiger partial charge in [0.05, 0.1) is 11.2 Å². The van der Waals surface area contributed by atoms with Gasteiger partial charge in [-0.15, -0.1) is 11.3 Å². The molecule has 2 heterocycles. The van der Waals surface area contributed by atoms with Crippen LogP contribution in [0.5, 0.6) is 0 Å². The van der Waals surface area contributed by atoms with Gasteiger partial charge >= 0.3 is 0 Å². The van der Waals surface area contributed by atoms with E-state index >= 15 is 0 Å². The maximum atomic E-state index is 4.91. The Kier molecular flexibility index (Phi) is 4.41. The lowest BCUT2D eigenvalue weighted by Gasteiger charge is -2.40. The lowest BCUT2D eigenvalue weighted by Crippen LogP contribution is -2.50. The second-order valence-corrected chi connectivity index (χ2v) is 6.49. The van der Waals surface area contributed by atoms with Crippen molar-refractivity contribution in [3.8, 4) is 0 Å². The Bertz CT molecular complexity index is 392. The average Bonchev–Trinajstić information content (AvgIpc) is 2.75. The van der Waals surface area contributed by atoms with Gasteiger partial charge in [0.25, 0.3) is 0 Å². The van der Waals surface area contributed by atoms with Gasteiger partial charge in [-0.2, -0.15) is 0 Å². The van der Waals surface area contributed by atoms with Crippen LogP contribution in [0, 0.1) is 6.92 Å². The van der Waals surface area contributed by atoms with Crippen LogP contribution < -0.4 is 5.32 Å². The van der Waals surface area contributed by atoms with Gasteiger partial charge < -0.3 is 10.2 Å². The first-order valence-corrected chi connectivity index (χ1v) is 7.83. The molecule has 18 heavy (non-hydrogen) atoms. The topological polar surface area (TPSA) is 28.2 Å². The zero-order valence-electron chi connectivity index (χ0n) is 12.0. The van der Waals surface area contributed by atoms with Crippen LogP contribution in [-0.2, 0) is 12.0 Å². The van der Waals surface area contributed by atoms with E-state index in [0.29, 0.717) is 0 Å². The van der Waals surface area contributed by atoms with E-state index in [2.05, 4.69) is 38.0 Å². The van der Waals surface area contributed by atoms with E-state index in [-0.39, 0.29) is 5.54 Å². The average molecular weight is 267 g/mol. The molecule has 1 aliphatic heterocycles. The first-order chi connectivity index (χ1) is 8.61. The molecule has 1 fully saturated rings. The highest BCUT2D eigenvalue weighted by Gasteiger charge is 2.37. The molecule has 0 spiro atoms. The Labute approximate surface area is 115 Å². The molecule has 2 rings (SSSR count). The smallest absolute Gasteiger partial charge is 0.113 e. The number of nitrogens with one attached hydrogen (secondary N) is 1. The zero-order chi connectivity index (χ0) is 13.2. The monoisotopic (exact) mass is 267 g/mol. The predicted molar refractivity (Wildman–Crippen MR) is 78.3 cm³/mol. The minimum Gasteiger partial charge on any atom is -0.306 e. The molecule has 0 amide bonds. The van der Waals surface area contributed by atoms with Crippen molar-refractivity contribution in [3.05, 3.63) is 15.6 Å². The Morgan fingerprint density at radius 2 is 2.00 bits per heavy atom. The summed E-state index contributed by atoms with van der Waals surface area (Å²) in [5.74, 6) is 0. The number of hydrogen-bond donors (Lipinski definition) is 1. The molecule has 1 aromatic rings. The second-order valence-electron chi connectivity index (χ2n) is 5.29. The van der Waals surface area contributed by atoms with Crippen LogP contribution in [0.3, 0.4) is 0 Å². The van der Waals surface area contributed by atoms with Crippen LogP contribution in [0.15, 0.2) is 0 Å². The molecule has 0 bridgehead atoms. The number of likely N-dealkylation sites (tertiary alicyclic amines) is 1. The number of hydrogen-bond acceptors (Lipinski definition) is 4. The molecular weight excluding hydrogens is 242 g/mol. The Morgan fingerprint density at radius 3 is 2.50 bits per heavy atom. The van der Waals surface area contributed by atoms with Gasteiger partial charge in [-0.3, -0.25) is 0 Å². The van der Waals surface area contributed by atoms with Gasteiger partial charge in [0.2, 0.25) is 0 Å². The summed E-state index contributed by atoms with van der Waals surface area (Å²) in [5.41, 5.74) is 1.41. The van der Waals surface area contributed by atoms with Crippen molar-refractivity contribution in [3.63, 3.8) is 0 Å². The van der Waals surface area contributed by atoms with E-state index < -0.39 is 0 Å². The largest absolute Gasteiger partial charge is 0.306 e. The highest BCUT2D eigenvalue weighted by molar-refractivity contribution is 7.11. The maximum Gasteiger partial charge on any atom is 0.113 e. The third-order valence-electron chi connectivity index (χ3n) is 3.99. The van der Waals surface area contributed by atoms with Crippen molar-refractivity contribution in [2.75, 3.05) is 26.7 Å². The fraction of sp³-hybridized carbons (Fsp3) is 0.786. The van der Waals surface area contributed by atoms with Crippen LogP contribution in [0.2, 0.25) is 0 Å². The molecule has 1 aromatic heterocycles. The van der Waals surface area contributed by atoms with Crippen LogP contribution in [0.25, 0.3) is 0 Å². The number of thiazole rings is 1. The minimum absolute atomic E-state index is 0.129. The van der Waals surface area contributed by atoms with E-state index in [1.165, 1.54) is 28.4 Å². The third kappa shape index (κ3) is 2.60.